The van der Waals surface area contributed by atoms with E-state index in [4.69, 9.17) is 16.0 Å². The highest BCUT2D eigenvalue weighted by Crippen LogP contribution is 2.24. The SMILES string of the molecule is CN(Cc1ccccc1Cl)C(=O)c1ccc(-c2ccc(F)cc2)o1. The van der Waals surface area contributed by atoms with Gasteiger partial charge in [0.25, 0.3) is 5.91 Å². The smallest absolute Gasteiger partial charge is 0.289 e. The van der Waals surface area contributed by atoms with Crippen LogP contribution >= 0.6 is 11.6 Å². The maximum Gasteiger partial charge on any atom is 0.289 e. The number of furan rings is 1. The average molecular weight is 344 g/mol. The number of halogens is 2. The summed E-state index contributed by atoms with van der Waals surface area (Å²) in [5, 5.41) is 0.614. The van der Waals surface area contributed by atoms with Gasteiger partial charge in [0, 0.05) is 24.2 Å². The van der Waals surface area contributed by atoms with Crippen molar-refractivity contribution in [1.82, 2.24) is 4.90 Å². The van der Waals surface area contributed by atoms with Crippen molar-refractivity contribution in [3.8, 4) is 11.3 Å². The van der Waals surface area contributed by atoms with Gasteiger partial charge < -0.3 is 9.32 Å². The molecule has 0 atom stereocenters. The van der Waals surface area contributed by atoms with Crippen LogP contribution in [0.15, 0.2) is 65.1 Å². The molecule has 0 aliphatic rings. The van der Waals surface area contributed by atoms with Gasteiger partial charge in [-0.3, -0.25) is 4.79 Å². The van der Waals surface area contributed by atoms with Crippen molar-refractivity contribution in [2.45, 2.75) is 6.54 Å². The van der Waals surface area contributed by atoms with E-state index in [2.05, 4.69) is 0 Å². The van der Waals surface area contributed by atoms with Crippen molar-refractivity contribution >= 4 is 17.5 Å². The van der Waals surface area contributed by atoms with E-state index in [1.807, 2.05) is 18.2 Å². The van der Waals surface area contributed by atoms with Gasteiger partial charge in [0.2, 0.25) is 0 Å². The molecule has 5 heteroatoms. The van der Waals surface area contributed by atoms with Gasteiger partial charge in [0.05, 0.1) is 0 Å². The number of benzene rings is 2. The Bertz CT molecular complexity index is 858. The molecule has 0 N–H and O–H groups in total. The minimum atomic E-state index is -0.318. The molecule has 0 bridgehead atoms. The first-order chi connectivity index (χ1) is 11.5. The number of carbonyl (C=O) groups is 1. The quantitative estimate of drug-likeness (QED) is 0.667. The van der Waals surface area contributed by atoms with Gasteiger partial charge in [0.1, 0.15) is 11.6 Å². The molecule has 3 aromatic rings. The Kier molecular flexibility index (Phi) is 4.67. The number of nitrogens with zero attached hydrogens (tertiary/aromatic N) is 1. The van der Waals surface area contributed by atoms with E-state index in [0.29, 0.717) is 22.9 Å². The first kappa shape index (κ1) is 16.3. The average Bonchev–Trinajstić information content (AvgIpc) is 3.07. The molecular formula is C19H15ClFNO2. The highest BCUT2D eigenvalue weighted by atomic mass is 35.5. The van der Waals surface area contributed by atoms with Crippen molar-refractivity contribution in [3.63, 3.8) is 0 Å². The molecule has 1 aromatic heterocycles. The van der Waals surface area contributed by atoms with Crippen LogP contribution in [0.25, 0.3) is 11.3 Å². The Morgan fingerprint density at radius 3 is 2.50 bits per heavy atom. The zero-order valence-electron chi connectivity index (χ0n) is 13.0. The predicted octanol–water partition coefficient (Wildman–Crippen LogP) is 5.01. The Balaban J connectivity index is 1.75. The van der Waals surface area contributed by atoms with Crippen LogP contribution in [0.3, 0.4) is 0 Å². The normalized spacial score (nSPS) is 10.6. The number of hydrogen-bond acceptors (Lipinski definition) is 2. The summed E-state index contributed by atoms with van der Waals surface area (Å²) in [6, 6.07) is 16.6. The molecule has 3 nitrogen and oxygen atoms in total. The van der Waals surface area contributed by atoms with Gasteiger partial charge in [0.15, 0.2) is 5.76 Å². The van der Waals surface area contributed by atoms with Crippen molar-refractivity contribution in [2.24, 2.45) is 0 Å². The van der Waals surface area contributed by atoms with Gasteiger partial charge in [-0.05, 0) is 48.0 Å². The van der Waals surface area contributed by atoms with E-state index in [0.717, 1.165) is 5.56 Å². The highest BCUT2D eigenvalue weighted by Gasteiger charge is 2.17. The lowest BCUT2D eigenvalue weighted by Crippen LogP contribution is -2.25. The van der Waals surface area contributed by atoms with E-state index in [1.54, 1.807) is 37.4 Å². The summed E-state index contributed by atoms with van der Waals surface area (Å²) >= 11 is 6.12. The molecule has 122 valence electrons. The number of amides is 1. The zero-order valence-corrected chi connectivity index (χ0v) is 13.8. The summed E-state index contributed by atoms with van der Waals surface area (Å²) < 4.78 is 18.6. The molecule has 1 heterocycles. The summed E-state index contributed by atoms with van der Waals surface area (Å²) in [5.74, 6) is 0.178. The van der Waals surface area contributed by atoms with Crippen LogP contribution in [0, 0.1) is 5.82 Å². The summed E-state index contributed by atoms with van der Waals surface area (Å²) in [6.45, 7) is 0.380. The summed E-state index contributed by atoms with van der Waals surface area (Å²) in [6.07, 6.45) is 0. The zero-order chi connectivity index (χ0) is 17.1. The van der Waals surface area contributed by atoms with Crippen LogP contribution in [-0.2, 0) is 6.54 Å². The van der Waals surface area contributed by atoms with Crippen LogP contribution < -0.4 is 0 Å². The number of hydrogen-bond donors (Lipinski definition) is 0. The van der Waals surface area contributed by atoms with E-state index < -0.39 is 0 Å². The molecule has 0 aliphatic heterocycles. The molecule has 0 unspecified atom stereocenters. The lowest BCUT2D eigenvalue weighted by atomic mass is 10.2. The fourth-order valence-corrected chi connectivity index (χ4v) is 2.56. The highest BCUT2D eigenvalue weighted by molar-refractivity contribution is 6.31. The third-order valence-electron chi connectivity index (χ3n) is 3.66. The third kappa shape index (κ3) is 3.49. The fourth-order valence-electron chi connectivity index (χ4n) is 2.36. The summed E-state index contributed by atoms with van der Waals surface area (Å²) in [7, 11) is 1.69. The van der Waals surface area contributed by atoms with Gasteiger partial charge in [-0.2, -0.15) is 0 Å². The number of carbonyl (C=O) groups excluding carboxylic acids is 1. The lowest BCUT2D eigenvalue weighted by Gasteiger charge is -2.16. The molecule has 0 spiro atoms. The monoisotopic (exact) mass is 343 g/mol. The molecule has 0 aliphatic carbocycles. The van der Waals surface area contributed by atoms with Crippen molar-refractivity contribution in [2.75, 3.05) is 7.05 Å². The molecule has 2 aromatic carbocycles. The van der Waals surface area contributed by atoms with Crippen molar-refractivity contribution in [3.05, 3.63) is 82.8 Å². The van der Waals surface area contributed by atoms with Crippen LogP contribution in [0.2, 0.25) is 5.02 Å². The second kappa shape index (κ2) is 6.89. The lowest BCUT2D eigenvalue weighted by molar-refractivity contribution is 0.0754. The minimum Gasteiger partial charge on any atom is -0.451 e. The van der Waals surface area contributed by atoms with Gasteiger partial charge in [-0.1, -0.05) is 29.8 Å². The largest absolute Gasteiger partial charge is 0.451 e. The maximum absolute atomic E-state index is 13.0. The molecular weight excluding hydrogens is 329 g/mol. The number of rotatable bonds is 4. The van der Waals surface area contributed by atoms with E-state index in [1.165, 1.54) is 17.0 Å². The Labute approximate surface area is 144 Å². The molecule has 0 radical (unpaired) electrons. The molecule has 24 heavy (non-hydrogen) atoms. The maximum atomic E-state index is 13.0. The van der Waals surface area contributed by atoms with Crippen LogP contribution in [0.5, 0.6) is 0 Å². The standard InChI is InChI=1S/C19H15ClFNO2/c1-22(12-14-4-2-3-5-16(14)20)19(23)18-11-10-17(24-18)13-6-8-15(21)9-7-13/h2-11H,12H2,1H3. The van der Waals surface area contributed by atoms with Crippen molar-refractivity contribution in [1.29, 1.82) is 0 Å². The molecule has 3 rings (SSSR count). The Hall–Kier alpha value is -2.59. The summed E-state index contributed by atoms with van der Waals surface area (Å²) in [5.41, 5.74) is 1.57. The van der Waals surface area contributed by atoms with Crippen LogP contribution in [0.4, 0.5) is 4.39 Å². The summed E-state index contributed by atoms with van der Waals surface area (Å²) in [4.78, 5) is 14.0. The molecule has 0 fully saturated rings. The van der Waals surface area contributed by atoms with E-state index in [9.17, 15) is 9.18 Å². The second-order valence-corrected chi connectivity index (χ2v) is 5.83. The predicted molar refractivity (Wildman–Crippen MR) is 91.4 cm³/mol. The van der Waals surface area contributed by atoms with Crippen LogP contribution in [-0.4, -0.2) is 17.9 Å². The van der Waals surface area contributed by atoms with Gasteiger partial charge >= 0.3 is 0 Å². The van der Waals surface area contributed by atoms with Crippen molar-refractivity contribution < 1.29 is 13.6 Å². The minimum absolute atomic E-state index is 0.226. The second-order valence-electron chi connectivity index (χ2n) is 5.42. The Morgan fingerprint density at radius 1 is 1.08 bits per heavy atom. The molecule has 0 saturated carbocycles. The van der Waals surface area contributed by atoms with Gasteiger partial charge in [-0.25, -0.2) is 4.39 Å². The van der Waals surface area contributed by atoms with Crippen LogP contribution in [0.1, 0.15) is 16.1 Å². The molecule has 1 amide bonds. The molecule has 0 saturated heterocycles. The first-order valence-corrected chi connectivity index (χ1v) is 7.77. The fraction of sp³-hybridized carbons (Fsp3) is 0.105. The topological polar surface area (TPSA) is 33.5 Å². The third-order valence-corrected chi connectivity index (χ3v) is 4.03. The first-order valence-electron chi connectivity index (χ1n) is 7.39. The van der Waals surface area contributed by atoms with E-state index in [-0.39, 0.29) is 17.5 Å². The van der Waals surface area contributed by atoms with E-state index >= 15 is 0 Å². The van der Waals surface area contributed by atoms with Gasteiger partial charge in [-0.15, -0.1) is 0 Å². The Morgan fingerprint density at radius 2 is 1.79 bits per heavy atom.